The fourth-order valence-corrected chi connectivity index (χ4v) is 2.52. The lowest BCUT2D eigenvalue weighted by Gasteiger charge is -2.24. The van der Waals surface area contributed by atoms with Gasteiger partial charge in [0.2, 0.25) is 0 Å². The standard InChI is InChI=1S/C21H25N3/c1-15-4-7-20-18(12-15)19-14-23(3)10-9-21(19)24(20)11-8-17-6-5-16(2)22-13-17/h4-7,12-13H,8-11,14H2,1-3H3/i1D3,2D3,3D3,4D,5D,6D,7D,9D2,10D2,12D,13D,14D2. The molecule has 0 atom stereocenters. The average Bonchev–Trinajstić information content (AvgIpc) is 3.18. The third kappa shape index (κ3) is 2.73. The highest BCUT2D eigenvalue weighted by Gasteiger charge is 2.22. The van der Waals surface area contributed by atoms with E-state index in [9.17, 15) is 0 Å². The largest absolute Gasteiger partial charge is 0.344 e. The molecule has 1 aliphatic rings. The molecule has 124 valence electrons. The Morgan fingerprint density at radius 3 is 3.17 bits per heavy atom. The number of likely N-dealkylation sites (N-methyl/N-ethyl adjacent to an activating group) is 1. The zero-order valence-corrected chi connectivity index (χ0v) is 12.3. The van der Waals surface area contributed by atoms with Crippen LogP contribution >= 0.6 is 0 Å². The molecule has 3 heterocycles. The number of fused-ring (bicyclic) bond motifs is 3. The summed E-state index contributed by atoms with van der Waals surface area (Å²) in [7, 11) is 0. The summed E-state index contributed by atoms with van der Waals surface area (Å²) in [6.45, 7) is -17.5. The van der Waals surface area contributed by atoms with E-state index in [-0.39, 0.29) is 10.5 Å². The highest BCUT2D eigenvalue weighted by molar-refractivity contribution is 5.86. The molecule has 0 amide bonds. The van der Waals surface area contributed by atoms with Crippen LogP contribution in [0.25, 0.3) is 10.9 Å². The number of pyridine rings is 1. The summed E-state index contributed by atoms with van der Waals surface area (Å²) in [5.41, 5.74) is -4.63. The van der Waals surface area contributed by atoms with Crippen LogP contribution in [0, 0.1) is 13.7 Å². The maximum atomic E-state index is 8.80. The quantitative estimate of drug-likeness (QED) is 0.721. The third-order valence-electron chi connectivity index (χ3n) is 3.55. The van der Waals surface area contributed by atoms with Gasteiger partial charge in [-0.1, -0.05) is 17.6 Å². The van der Waals surface area contributed by atoms with Gasteiger partial charge in [-0.3, -0.25) is 4.98 Å². The second-order valence-corrected chi connectivity index (χ2v) is 5.08. The molecule has 0 saturated heterocycles. The molecule has 0 saturated carbocycles. The Kier molecular flexibility index (Phi) is 1.14. The van der Waals surface area contributed by atoms with Crippen molar-refractivity contribution in [1.82, 2.24) is 14.5 Å². The lowest BCUT2D eigenvalue weighted by atomic mass is 10.0. The van der Waals surface area contributed by atoms with Crippen LogP contribution in [0.15, 0.2) is 36.4 Å². The van der Waals surface area contributed by atoms with Gasteiger partial charge in [-0.25, -0.2) is 0 Å². The summed E-state index contributed by atoms with van der Waals surface area (Å²) >= 11 is 0. The van der Waals surface area contributed by atoms with Crippen LogP contribution in [0.3, 0.4) is 0 Å². The minimum atomic E-state index is -3.64. The highest BCUT2D eigenvalue weighted by atomic mass is 15.1. The number of aryl methyl sites for hydroxylation is 2. The number of rotatable bonds is 3. The zero-order valence-electron chi connectivity index (χ0n) is 33.3. The van der Waals surface area contributed by atoms with Gasteiger partial charge in [0.05, 0.1) is 8.22 Å². The fraction of sp³-hybridized carbons (Fsp3) is 0.381. The first-order valence-corrected chi connectivity index (χ1v) is 6.99. The molecule has 0 unspecified atom stereocenters. The van der Waals surface area contributed by atoms with Gasteiger partial charge in [0.25, 0.3) is 0 Å². The molecule has 0 aliphatic carbocycles. The molecule has 4 rings (SSSR count). The Hall–Kier alpha value is -2.13. The van der Waals surface area contributed by atoms with Gasteiger partial charge in [0.1, 0.15) is 0 Å². The fourth-order valence-electron chi connectivity index (χ4n) is 2.52. The minimum absolute atomic E-state index is 0.335. The molecule has 1 aromatic carbocycles. The van der Waals surface area contributed by atoms with Gasteiger partial charge in [0, 0.05) is 74.9 Å². The van der Waals surface area contributed by atoms with E-state index in [1.165, 1.54) is 0 Å². The van der Waals surface area contributed by atoms with Crippen LogP contribution in [0.5, 0.6) is 0 Å². The van der Waals surface area contributed by atoms with E-state index in [1.807, 2.05) is 0 Å². The minimum Gasteiger partial charge on any atom is -0.344 e. The van der Waals surface area contributed by atoms with Gasteiger partial charge in [-0.15, -0.1) is 0 Å². The van der Waals surface area contributed by atoms with Crippen LogP contribution in [0.2, 0.25) is 0 Å². The zero-order chi connectivity index (χ0) is 34.8. The number of hydrogen-bond donors (Lipinski definition) is 0. The normalized spacial score (nSPS) is 35.6. The lowest BCUT2D eigenvalue weighted by Crippen LogP contribution is -2.27. The Morgan fingerprint density at radius 2 is 2.29 bits per heavy atom. The third-order valence-corrected chi connectivity index (χ3v) is 3.55. The Balaban J connectivity index is 2.17. The number of benzene rings is 1. The molecular formula is C21H25N3. The maximum absolute atomic E-state index is 8.80. The molecule has 0 spiro atoms. The van der Waals surface area contributed by atoms with E-state index in [4.69, 9.17) is 28.8 Å². The van der Waals surface area contributed by atoms with E-state index in [0.717, 1.165) is 4.57 Å². The lowest BCUT2D eigenvalue weighted by molar-refractivity contribution is 0.309. The van der Waals surface area contributed by atoms with Crippen molar-refractivity contribution in [2.75, 3.05) is 13.5 Å². The van der Waals surface area contributed by atoms with E-state index < -0.39 is 123 Å². The summed E-state index contributed by atoms with van der Waals surface area (Å²) in [5, 5.41) is -0.745. The Bertz CT molecular complexity index is 1710. The molecule has 2 aromatic heterocycles. The van der Waals surface area contributed by atoms with E-state index in [0.29, 0.717) is 0 Å². The molecule has 3 aromatic rings. The molecular weight excluding hydrogens is 294 g/mol. The monoisotopic (exact) mass is 340 g/mol. The van der Waals surface area contributed by atoms with Crippen molar-refractivity contribution < 1.29 is 28.8 Å². The smallest absolute Gasteiger partial charge is 0.0843 e. The van der Waals surface area contributed by atoms with Gasteiger partial charge in [-0.2, -0.15) is 0 Å². The van der Waals surface area contributed by atoms with E-state index >= 15 is 0 Å². The average molecular weight is 341 g/mol. The summed E-state index contributed by atoms with van der Waals surface area (Å²) in [4.78, 5) is 3.27. The highest BCUT2D eigenvalue weighted by Crippen LogP contribution is 2.31. The van der Waals surface area contributed by atoms with Crippen molar-refractivity contribution in [1.29, 1.82) is 0 Å². The van der Waals surface area contributed by atoms with Gasteiger partial charge >= 0.3 is 0 Å². The van der Waals surface area contributed by atoms with Crippen LogP contribution in [-0.2, 0) is 25.8 Å². The van der Waals surface area contributed by atoms with Crippen LogP contribution < -0.4 is 0 Å². The topological polar surface area (TPSA) is 21.1 Å². The second kappa shape index (κ2) is 6.06. The van der Waals surface area contributed by atoms with Gasteiger partial charge < -0.3 is 9.47 Å². The van der Waals surface area contributed by atoms with E-state index in [2.05, 4.69) is 4.98 Å². The summed E-state index contributed by atoms with van der Waals surface area (Å²) < 4.78 is 173. The van der Waals surface area contributed by atoms with Gasteiger partial charge in [0.15, 0.2) is 0 Å². The summed E-state index contributed by atoms with van der Waals surface area (Å²) in [5.74, 6) is 0. The van der Waals surface area contributed by atoms with Crippen molar-refractivity contribution in [3.63, 3.8) is 0 Å². The van der Waals surface area contributed by atoms with E-state index in [1.54, 1.807) is 0 Å². The molecule has 3 nitrogen and oxygen atoms in total. The van der Waals surface area contributed by atoms with Crippen molar-refractivity contribution >= 4 is 10.9 Å². The Labute approximate surface area is 173 Å². The molecule has 0 N–H and O–H groups in total. The molecule has 0 fully saturated rings. The van der Waals surface area contributed by atoms with Gasteiger partial charge in [-0.05, 0) is 56.4 Å². The predicted molar refractivity (Wildman–Crippen MR) is 99.4 cm³/mol. The molecule has 1 aliphatic heterocycles. The Morgan fingerprint density at radius 1 is 1.29 bits per heavy atom. The maximum Gasteiger partial charge on any atom is 0.0843 e. The molecule has 0 radical (unpaired) electrons. The number of nitrogens with zero attached hydrogens (tertiary/aromatic N) is 3. The SMILES string of the molecule is [2H]c1nc(C([2H])([2H])[2H])c([2H])c([2H])c1CCn1c2c(c3c([2H])c(C([2H])([2H])[2H])c([2H])c([2H])c31)C([2H])([2H])N(C([2H])([2H])[2H])C([2H])([2H])C2([2H])[2H]. The predicted octanol–water partition coefficient (Wildman–Crippen LogP) is 3.88. The van der Waals surface area contributed by atoms with Crippen molar-refractivity contribution in [2.45, 2.75) is 39.5 Å². The van der Waals surface area contributed by atoms with Crippen molar-refractivity contribution in [3.8, 4) is 0 Å². The number of hydrogen-bond acceptors (Lipinski definition) is 2. The first-order chi connectivity index (χ1) is 20.0. The number of aromatic nitrogens is 2. The van der Waals surface area contributed by atoms with Crippen molar-refractivity contribution in [2.24, 2.45) is 0 Å². The van der Waals surface area contributed by atoms with Crippen molar-refractivity contribution in [3.05, 3.63) is 64.5 Å². The summed E-state index contributed by atoms with van der Waals surface area (Å²) in [6.07, 6.45) is -4.73. The first kappa shape index (κ1) is 4.53. The second-order valence-electron chi connectivity index (χ2n) is 5.08. The summed E-state index contributed by atoms with van der Waals surface area (Å²) in [6, 6.07) is -4.52. The first-order valence-electron chi connectivity index (χ1n) is 17.5. The molecule has 3 heteroatoms. The van der Waals surface area contributed by atoms with Crippen LogP contribution in [0.1, 0.15) is 56.9 Å². The molecule has 0 bridgehead atoms. The molecule has 24 heavy (non-hydrogen) atoms. The van der Waals surface area contributed by atoms with Crippen LogP contribution in [0.4, 0.5) is 0 Å². The van der Waals surface area contributed by atoms with Crippen LogP contribution in [-0.4, -0.2) is 27.9 Å².